The normalized spacial score (nSPS) is 13.1. The molecule has 0 unspecified atom stereocenters. The number of aliphatic hydroxyl groups is 1. The first-order valence-electron chi connectivity index (χ1n) is 10.3. The summed E-state index contributed by atoms with van der Waals surface area (Å²) in [5, 5.41) is 11.2. The third-order valence-electron chi connectivity index (χ3n) is 4.68. The second-order valence-corrected chi connectivity index (χ2v) is 8.25. The van der Waals surface area contributed by atoms with E-state index < -0.39 is 49.2 Å². The number of aromatic nitrogens is 2. The highest BCUT2D eigenvalue weighted by Crippen LogP contribution is 2.30. The lowest BCUT2D eigenvalue weighted by molar-refractivity contribution is -0.154. The first-order chi connectivity index (χ1) is 17.0. The van der Waals surface area contributed by atoms with Crippen LogP contribution in [-0.4, -0.2) is 51.7 Å². The number of halogens is 4. The van der Waals surface area contributed by atoms with E-state index in [4.69, 9.17) is 15.6 Å². The maximum Gasteiger partial charge on any atom is 0.422 e. The molecule has 0 spiro atoms. The van der Waals surface area contributed by atoms with Gasteiger partial charge in [0.15, 0.2) is 6.61 Å². The number of primary amides is 1. The summed E-state index contributed by atoms with van der Waals surface area (Å²) in [6.45, 7) is -0.465. The Kier molecular flexibility index (Phi) is 8.42. The molecule has 36 heavy (non-hydrogen) atoms. The van der Waals surface area contributed by atoms with Crippen molar-refractivity contribution in [1.82, 2.24) is 14.7 Å². The summed E-state index contributed by atoms with van der Waals surface area (Å²) in [5.74, 6) is -2.66. The Morgan fingerprint density at radius 3 is 2.56 bits per heavy atom. The van der Waals surface area contributed by atoms with Gasteiger partial charge in [0, 0.05) is 11.6 Å². The van der Waals surface area contributed by atoms with Gasteiger partial charge in [-0.3, -0.25) is 9.59 Å². The maximum atomic E-state index is 14.6. The molecule has 0 radical (unpaired) electrons. The fourth-order valence-electron chi connectivity index (χ4n) is 2.86. The molecule has 0 bridgehead atoms. The van der Waals surface area contributed by atoms with E-state index in [1.807, 2.05) is 0 Å². The molecule has 9 nitrogen and oxygen atoms in total. The van der Waals surface area contributed by atoms with Crippen LogP contribution in [0.1, 0.15) is 28.3 Å². The lowest BCUT2D eigenvalue weighted by Crippen LogP contribution is -2.47. The molecule has 0 saturated carbocycles. The summed E-state index contributed by atoms with van der Waals surface area (Å²) >= 11 is 1.09. The molecule has 2 atom stereocenters. The molecule has 0 saturated heterocycles. The molecule has 2 amide bonds. The van der Waals surface area contributed by atoms with Gasteiger partial charge in [-0.1, -0.05) is 6.07 Å². The standard InChI is InChI=1S/C22H20F4N4O5S/c1-11(35-13-3-5-19(28-8-13)34-10-22(24,25)26)18-7-16(30-36-18)12-2-4-14(15(23)6-12)21(33)29-17(9-31)20(27)32/h2-8,11,17,31H,9-10H2,1H3,(H2,27,32)(H,29,33)/t11-,17+/m1/s1. The number of rotatable bonds is 10. The number of aliphatic hydroxyl groups excluding tert-OH is 1. The second-order valence-electron chi connectivity index (χ2n) is 7.42. The molecule has 0 aliphatic rings. The van der Waals surface area contributed by atoms with E-state index in [-0.39, 0.29) is 17.2 Å². The van der Waals surface area contributed by atoms with Crippen LogP contribution < -0.4 is 20.5 Å². The van der Waals surface area contributed by atoms with Crippen LogP contribution in [-0.2, 0) is 4.79 Å². The molecule has 192 valence electrons. The van der Waals surface area contributed by atoms with Gasteiger partial charge in [0.1, 0.15) is 23.7 Å². The molecule has 14 heteroatoms. The van der Waals surface area contributed by atoms with Crippen LogP contribution in [0.5, 0.6) is 11.6 Å². The zero-order valence-electron chi connectivity index (χ0n) is 18.6. The van der Waals surface area contributed by atoms with Crippen molar-refractivity contribution in [3.05, 3.63) is 58.9 Å². The topological polar surface area (TPSA) is 137 Å². The fourth-order valence-corrected chi connectivity index (χ4v) is 3.58. The number of hydrogen-bond donors (Lipinski definition) is 3. The van der Waals surface area contributed by atoms with E-state index in [0.717, 1.165) is 17.6 Å². The number of carbonyl (C=O) groups excluding carboxylic acids is 2. The predicted octanol–water partition coefficient (Wildman–Crippen LogP) is 3.00. The highest BCUT2D eigenvalue weighted by molar-refractivity contribution is 7.06. The Balaban J connectivity index is 1.65. The van der Waals surface area contributed by atoms with Gasteiger partial charge < -0.3 is 25.6 Å². The van der Waals surface area contributed by atoms with Crippen molar-refractivity contribution in [1.29, 1.82) is 0 Å². The number of hydrogen-bond acceptors (Lipinski definition) is 8. The van der Waals surface area contributed by atoms with Crippen molar-refractivity contribution >= 4 is 23.3 Å². The zero-order chi connectivity index (χ0) is 26.5. The SMILES string of the molecule is C[C@@H](Oc1ccc(OCC(F)(F)F)nc1)c1cc(-c2ccc(C(=O)N[C@@H](CO)C(N)=O)c(F)c2)ns1. The van der Waals surface area contributed by atoms with E-state index in [9.17, 15) is 27.2 Å². The number of nitrogens with one attached hydrogen (secondary N) is 1. The average Bonchev–Trinajstić information content (AvgIpc) is 3.32. The van der Waals surface area contributed by atoms with Crippen molar-refractivity contribution in [2.24, 2.45) is 5.73 Å². The summed E-state index contributed by atoms with van der Waals surface area (Å²) in [6.07, 6.45) is -3.76. The molecule has 3 rings (SSSR count). The summed E-state index contributed by atoms with van der Waals surface area (Å²) in [5.41, 5.74) is 5.49. The third-order valence-corrected chi connectivity index (χ3v) is 5.62. The average molecular weight is 528 g/mol. The zero-order valence-corrected chi connectivity index (χ0v) is 19.4. The van der Waals surface area contributed by atoms with E-state index >= 15 is 0 Å². The Hall–Kier alpha value is -3.78. The number of nitrogens with zero attached hydrogens (tertiary/aromatic N) is 2. The number of ether oxygens (including phenoxy) is 2. The van der Waals surface area contributed by atoms with Gasteiger partial charge in [-0.2, -0.15) is 17.5 Å². The van der Waals surface area contributed by atoms with Crippen LogP contribution >= 0.6 is 11.5 Å². The summed E-state index contributed by atoms with van der Waals surface area (Å²) < 4.78 is 65.8. The molecule has 2 heterocycles. The van der Waals surface area contributed by atoms with Gasteiger partial charge in [0.25, 0.3) is 5.91 Å². The van der Waals surface area contributed by atoms with Crippen LogP contribution in [0, 0.1) is 5.82 Å². The van der Waals surface area contributed by atoms with Gasteiger partial charge in [-0.25, -0.2) is 9.37 Å². The highest BCUT2D eigenvalue weighted by Gasteiger charge is 2.28. The van der Waals surface area contributed by atoms with Gasteiger partial charge >= 0.3 is 6.18 Å². The maximum absolute atomic E-state index is 14.6. The molecule has 2 aromatic heterocycles. The lowest BCUT2D eigenvalue weighted by Gasteiger charge is -2.13. The summed E-state index contributed by atoms with van der Waals surface area (Å²) in [6, 6.07) is 6.74. The van der Waals surface area contributed by atoms with Crippen LogP contribution in [0.3, 0.4) is 0 Å². The Morgan fingerprint density at radius 1 is 1.22 bits per heavy atom. The molecule has 1 aromatic carbocycles. The number of pyridine rings is 1. The Bertz CT molecular complexity index is 1220. The predicted molar refractivity (Wildman–Crippen MR) is 120 cm³/mol. The number of carbonyl (C=O) groups is 2. The number of alkyl halides is 3. The van der Waals surface area contributed by atoms with Crippen LogP contribution in [0.15, 0.2) is 42.6 Å². The van der Waals surface area contributed by atoms with Gasteiger partial charge in [-0.15, -0.1) is 0 Å². The summed E-state index contributed by atoms with van der Waals surface area (Å²) in [7, 11) is 0. The Labute approximate surface area is 206 Å². The van der Waals surface area contributed by atoms with E-state index in [1.165, 1.54) is 30.5 Å². The molecular weight excluding hydrogens is 508 g/mol. The molecule has 3 aromatic rings. The smallest absolute Gasteiger partial charge is 0.422 e. The number of benzene rings is 1. The largest absolute Gasteiger partial charge is 0.484 e. The van der Waals surface area contributed by atoms with Crippen molar-refractivity contribution in [2.75, 3.05) is 13.2 Å². The van der Waals surface area contributed by atoms with E-state index in [1.54, 1.807) is 13.0 Å². The molecule has 0 aliphatic carbocycles. The minimum absolute atomic E-state index is 0.201. The second kappa shape index (κ2) is 11.3. The molecular formula is C22H20F4N4O5S. The molecule has 4 N–H and O–H groups in total. The van der Waals surface area contributed by atoms with Gasteiger partial charge in [-0.05, 0) is 42.7 Å². The van der Waals surface area contributed by atoms with Crippen LogP contribution in [0.2, 0.25) is 0 Å². The van der Waals surface area contributed by atoms with E-state index in [0.29, 0.717) is 16.1 Å². The molecule has 0 aliphatic heterocycles. The highest BCUT2D eigenvalue weighted by atomic mass is 32.1. The van der Waals surface area contributed by atoms with Crippen molar-refractivity contribution in [2.45, 2.75) is 25.2 Å². The summed E-state index contributed by atoms with van der Waals surface area (Å²) in [4.78, 5) is 27.8. The van der Waals surface area contributed by atoms with Crippen molar-refractivity contribution in [3.8, 4) is 22.9 Å². The first kappa shape index (κ1) is 26.8. The number of amides is 2. The minimum Gasteiger partial charge on any atom is -0.484 e. The first-order valence-corrected chi connectivity index (χ1v) is 11.0. The molecule has 0 fully saturated rings. The lowest BCUT2D eigenvalue weighted by atomic mass is 10.1. The van der Waals surface area contributed by atoms with Gasteiger partial charge in [0.2, 0.25) is 11.8 Å². The van der Waals surface area contributed by atoms with Crippen LogP contribution in [0.25, 0.3) is 11.3 Å². The van der Waals surface area contributed by atoms with Crippen LogP contribution in [0.4, 0.5) is 17.6 Å². The van der Waals surface area contributed by atoms with Crippen molar-refractivity contribution in [3.63, 3.8) is 0 Å². The minimum atomic E-state index is -4.47. The Morgan fingerprint density at radius 2 is 1.97 bits per heavy atom. The van der Waals surface area contributed by atoms with Gasteiger partial charge in [0.05, 0.1) is 28.9 Å². The monoisotopic (exact) mass is 528 g/mol. The third kappa shape index (κ3) is 7.11. The fraction of sp³-hybridized carbons (Fsp3) is 0.273. The van der Waals surface area contributed by atoms with E-state index in [2.05, 4.69) is 19.4 Å². The quantitative estimate of drug-likeness (QED) is 0.344. The van der Waals surface area contributed by atoms with Crippen molar-refractivity contribution < 1.29 is 41.7 Å². The number of nitrogens with two attached hydrogens (primary N) is 1.